The summed E-state index contributed by atoms with van der Waals surface area (Å²) in [6.07, 6.45) is 4.86. The second-order valence-corrected chi connectivity index (χ2v) is 8.10. The number of Topliss-reactive ketones (excluding diaryl/α,β-unsaturated/α-hetero) is 1. The van der Waals surface area contributed by atoms with Gasteiger partial charge in [-0.1, -0.05) is 25.1 Å². The van der Waals surface area contributed by atoms with Crippen LogP contribution < -0.4 is 4.74 Å². The van der Waals surface area contributed by atoms with Crippen LogP contribution in [0.1, 0.15) is 43.0 Å². The molecule has 1 saturated heterocycles. The van der Waals surface area contributed by atoms with E-state index in [1.807, 2.05) is 36.4 Å². The number of likely N-dealkylation sites (tertiary alicyclic amines) is 1. The van der Waals surface area contributed by atoms with Crippen LogP contribution in [0.5, 0.6) is 5.75 Å². The third kappa shape index (κ3) is 3.43. The Balaban J connectivity index is 1.57. The van der Waals surface area contributed by atoms with Crippen LogP contribution >= 0.6 is 0 Å². The van der Waals surface area contributed by atoms with Gasteiger partial charge in [0, 0.05) is 24.1 Å². The number of benzene rings is 2. The molecule has 0 radical (unpaired) electrons. The zero-order chi connectivity index (χ0) is 17.4. The summed E-state index contributed by atoms with van der Waals surface area (Å²) in [6.45, 7) is 5.40. The highest BCUT2D eigenvalue weighted by molar-refractivity contribution is 6.03. The number of nitrogens with zero attached hydrogens (tertiary/aromatic N) is 1. The van der Waals surface area contributed by atoms with E-state index in [0.29, 0.717) is 5.78 Å². The zero-order valence-electron chi connectivity index (χ0n) is 15.3. The fraction of sp³-hybridized carbons (Fsp3) is 0.500. The number of hydrogen-bond acceptors (Lipinski definition) is 3. The van der Waals surface area contributed by atoms with E-state index in [9.17, 15) is 4.79 Å². The molecule has 1 aliphatic carbocycles. The predicted molar refractivity (Wildman–Crippen MR) is 101 cm³/mol. The summed E-state index contributed by atoms with van der Waals surface area (Å²) in [4.78, 5) is 15.8. The predicted octanol–water partition coefficient (Wildman–Crippen LogP) is 4.54. The van der Waals surface area contributed by atoms with Crippen LogP contribution in [-0.2, 0) is 0 Å². The molecule has 25 heavy (non-hydrogen) atoms. The topological polar surface area (TPSA) is 29.5 Å². The lowest BCUT2D eigenvalue weighted by atomic mass is 9.75. The number of ether oxygens (including phenoxy) is 1. The fourth-order valence-electron chi connectivity index (χ4n) is 4.19. The molecule has 1 aliphatic heterocycles. The molecule has 1 saturated carbocycles. The molecule has 0 N–H and O–H groups in total. The van der Waals surface area contributed by atoms with Gasteiger partial charge in [0.2, 0.25) is 0 Å². The van der Waals surface area contributed by atoms with Gasteiger partial charge in [-0.25, -0.2) is 0 Å². The molecular formula is C22H27NO2. The lowest BCUT2D eigenvalue weighted by molar-refractivity contribution is 0.0590. The first-order valence-corrected chi connectivity index (χ1v) is 9.42. The fourth-order valence-corrected chi connectivity index (χ4v) is 4.19. The molecule has 0 spiro atoms. The quantitative estimate of drug-likeness (QED) is 0.750. The van der Waals surface area contributed by atoms with Gasteiger partial charge in [0.15, 0.2) is 5.78 Å². The Labute approximate surface area is 150 Å². The third-order valence-electron chi connectivity index (χ3n) is 5.85. The maximum absolute atomic E-state index is 13.3. The summed E-state index contributed by atoms with van der Waals surface area (Å²) < 4.78 is 5.29. The van der Waals surface area contributed by atoms with Crippen molar-refractivity contribution in [2.45, 2.75) is 32.6 Å². The van der Waals surface area contributed by atoms with E-state index in [-0.39, 0.29) is 5.41 Å². The molecule has 4 rings (SSSR count). The Bertz CT molecular complexity index is 796. The number of methoxy groups -OCH3 is 1. The van der Waals surface area contributed by atoms with E-state index >= 15 is 0 Å². The highest BCUT2D eigenvalue weighted by Crippen LogP contribution is 2.37. The number of fused-ring (bicyclic) bond motifs is 1. The van der Waals surface area contributed by atoms with Gasteiger partial charge < -0.3 is 9.64 Å². The van der Waals surface area contributed by atoms with Gasteiger partial charge in [0.1, 0.15) is 5.75 Å². The van der Waals surface area contributed by atoms with Gasteiger partial charge >= 0.3 is 0 Å². The second-order valence-electron chi connectivity index (χ2n) is 8.10. The number of rotatable bonds is 5. The zero-order valence-corrected chi connectivity index (χ0v) is 15.3. The van der Waals surface area contributed by atoms with Crippen molar-refractivity contribution < 1.29 is 9.53 Å². The van der Waals surface area contributed by atoms with Crippen LogP contribution in [0.15, 0.2) is 36.4 Å². The van der Waals surface area contributed by atoms with E-state index in [0.717, 1.165) is 53.9 Å². The summed E-state index contributed by atoms with van der Waals surface area (Å²) in [7, 11) is 1.68. The van der Waals surface area contributed by atoms with E-state index < -0.39 is 0 Å². The summed E-state index contributed by atoms with van der Waals surface area (Å²) in [6, 6.07) is 12.1. The van der Waals surface area contributed by atoms with Crippen molar-refractivity contribution in [3.8, 4) is 5.75 Å². The molecule has 1 atom stereocenters. The molecule has 3 nitrogen and oxygen atoms in total. The molecule has 1 heterocycles. The van der Waals surface area contributed by atoms with E-state index in [1.165, 1.54) is 19.4 Å². The molecule has 0 bridgehead atoms. The Morgan fingerprint density at radius 1 is 1.20 bits per heavy atom. The van der Waals surface area contributed by atoms with Crippen molar-refractivity contribution in [3.05, 3.63) is 42.0 Å². The lowest BCUT2D eigenvalue weighted by Crippen LogP contribution is -2.46. The number of piperidine rings is 1. The first-order chi connectivity index (χ1) is 12.1. The van der Waals surface area contributed by atoms with Crippen LogP contribution in [0.4, 0.5) is 0 Å². The average Bonchev–Trinajstić information content (AvgIpc) is 3.44. The number of ketones is 1. The maximum Gasteiger partial charge on any atom is 0.170 e. The molecule has 0 unspecified atom stereocenters. The lowest BCUT2D eigenvalue weighted by Gasteiger charge is -2.39. The smallest absolute Gasteiger partial charge is 0.170 e. The van der Waals surface area contributed by atoms with Crippen molar-refractivity contribution in [2.24, 2.45) is 11.3 Å². The molecule has 132 valence electrons. The summed E-state index contributed by atoms with van der Waals surface area (Å²) in [5.41, 5.74) is 0.584. The Hall–Kier alpha value is -1.87. The molecule has 2 aromatic rings. The molecular weight excluding hydrogens is 310 g/mol. The molecule has 0 aromatic heterocycles. The normalized spacial score (nSPS) is 24.4. The molecule has 2 fully saturated rings. The van der Waals surface area contributed by atoms with Gasteiger partial charge in [-0.2, -0.15) is 0 Å². The molecule has 0 amide bonds. The summed E-state index contributed by atoms with van der Waals surface area (Å²) in [5.74, 6) is 2.03. The van der Waals surface area contributed by atoms with Gasteiger partial charge in [-0.05, 0) is 67.1 Å². The van der Waals surface area contributed by atoms with Gasteiger partial charge in [0.05, 0.1) is 7.11 Å². The molecule has 2 aromatic carbocycles. The van der Waals surface area contributed by atoms with Crippen LogP contribution in [0.2, 0.25) is 0 Å². The van der Waals surface area contributed by atoms with Crippen molar-refractivity contribution in [1.29, 1.82) is 0 Å². The first-order valence-electron chi connectivity index (χ1n) is 9.42. The monoisotopic (exact) mass is 337 g/mol. The second kappa shape index (κ2) is 6.45. The van der Waals surface area contributed by atoms with E-state index in [1.54, 1.807) is 7.11 Å². The third-order valence-corrected chi connectivity index (χ3v) is 5.85. The molecule has 3 heteroatoms. The highest BCUT2D eigenvalue weighted by atomic mass is 16.5. The van der Waals surface area contributed by atoms with Crippen molar-refractivity contribution in [3.63, 3.8) is 0 Å². The van der Waals surface area contributed by atoms with Crippen LogP contribution in [0.25, 0.3) is 10.8 Å². The van der Waals surface area contributed by atoms with Crippen molar-refractivity contribution >= 4 is 16.6 Å². The van der Waals surface area contributed by atoms with Gasteiger partial charge in [0.25, 0.3) is 0 Å². The summed E-state index contributed by atoms with van der Waals surface area (Å²) >= 11 is 0. The SMILES string of the molecule is COc1ccc2cc(C(=O)[C@@]3(C)CCCN(CC4CC4)C3)ccc2c1. The van der Waals surface area contributed by atoms with Crippen molar-refractivity contribution in [2.75, 3.05) is 26.7 Å². The standard InChI is InChI=1S/C22H27NO2/c1-22(10-3-11-23(15-22)14-16-4-5-16)21(24)19-7-6-18-13-20(25-2)9-8-17(18)12-19/h6-9,12-13,16H,3-5,10-11,14-15H2,1-2H3/t22-/m0/s1. The minimum atomic E-state index is -0.257. The van der Waals surface area contributed by atoms with Crippen LogP contribution in [-0.4, -0.2) is 37.4 Å². The van der Waals surface area contributed by atoms with Crippen LogP contribution in [0.3, 0.4) is 0 Å². The number of carbonyl (C=O) groups is 1. The Morgan fingerprint density at radius 2 is 1.96 bits per heavy atom. The Kier molecular flexibility index (Phi) is 4.28. The minimum Gasteiger partial charge on any atom is -0.497 e. The maximum atomic E-state index is 13.3. The summed E-state index contributed by atoms with van der Waals surface area (Å²) in [5, 5.41) is 2.21. The van der Waals surface area contributed by atoms with Gasteiger partial charge in [-0.3, -0.25) is 4.79 Å². The van der Waals surface area contributed by atoms with Crippen LogP contribution in [0, 0.1) is 11.3 Å². The number of carbonyl (C=O) groups excluding carboxylic acids is 1. The highest BCUT2D eigenvalue weighted by Gasteiger charge is 2.39. The minimum absolute atomic E-state index is 0.257. The van der Waals surface area contributed by atoms with Gasteiger partial charge in [-0.15, -0.1) is 0 Å². The molecule has 2 aliphatic rings. The number of hydrogen-bond donors (Lipinski definition) is 0. The average molecular weight is 337 g/mol. The largest absolute Gasteiger partial charge is 0.497 e. The van der Waals surface area contributed by atoms with E-state index in [4.69, 9.17) is 4.74 Å². The van der Waals surface area contributed by atoms with Crippen molar-refractivity contribution in [1.82, 2.24) is 4.90 Å². The first kappa shape index (κ1) is 16.6. The Morgan fingerprint density at radius 3 is 2.72 bits per heavy atom. The van der Waals surface area contributed by atoms with E-state index in [2.05, 4.69) is 11.8 Å².